The summed E-state index contributed by atoms with van der Waals surface area (Å²) in [5.41, 5.74) is 5.32. The monoisotopic (exact) mass is 341 g/mol. The van der Waals surface area contributed by atoms with Gasteiger partial charge in [0.1, 0.15) is 10.7 Å². The van der Waals surface area contributed by atoms with Crippen LogP contribution in [0.15, 0.2) is 43.7 Å². The molecule has 98 valence electrons. The second kappa shape index (κ2) is 5.45. The molecule has 8 heteroatoms. The molecule has 19 heavy (non-hydrogen) atoms. The van der Waals surface area contributed by atoms with Crippen molar-refractivity contribution >= 4 is 39.3 Å². The van der Waals surface area contributed by atoms with Gasteiger partial charge in [0.15, 0.2) is 0 Å². The molecule has 0 aliphatic heterocycles. The van der Waals surface area contributed by atoms with Crippen LogP contribution in [0.2, 0.25) is 0 Å². The number of rotatable bonds is 3. The van der Waals surface area contributed by atoms with Gasteiger partial charge < -0.3 is 15.8 Å². The van der Waals surface area contributed by atoms with Crippen molar-refractivity contribution in [3.63, 3.8) is 0 Å². The van der Waals surface area contributed by atoms with Crippen LogP contribution in [0, 0.1) is 0 Å². The van der Waals surface area contributed by atoms with Gasteiger partial charge in [-0.15, -0.1) is 0 Å². The number of nitrogens with zero attached hydrogens (tertiary/aromatic N) is 1. The Morgan fingerprint density at radius 3 is 2.89 bits per heavy atom. The van der Waals surface area contributed by atoms with Gasteiger partial charge in [0, 0.05) is 9.37 Å². The summed E-state index contributed by atoms with van der Waals surface area (Å²) in [7, 11) is 0. The van der Waals surface area contributed by atoms with Crippen molar-refractivity contribution in [2.75, 3.05) is 5.73 Å². The van der Waals surface area contributed by atoms with Gasteiger partial charge in [0.2, 0.25) is 0 Å². The lowest BCUT2D eigenvalue weighted by atomic mass is 10.2. The van der Waals surface area contributed by atoms with Crippen LogP contribution >= 0.6 is 27.7 Å². The number of anilines is 1. The number of carbonyl (C=O) groups is 1. The molecular formula is C11H8BrN3O3S. The fraction of sp³-hybridized carbons (Fsp3) is 0. The maximum Gasteiger partial charge on any atom is 0.336 e. The van der Waals surface area contributed by atoms with Crippen molar-refractivity contribution in [1.82, 2.24) is 9.97 Å². The standard InChI is InChI=1S/C11H8BrN3O3S/c12-7-2-1-5(3-6(7)11(17)18)19-10-8(13)9(16)14-4-15-10/h1-4H,13H2,(H,17,18)(H,14,15,16). The number of nitrogen functional groups attached to an aromatic ring is 1. The summed E-state index contributed by atoms with van der Waals surface area (Å²) in [6.07, 6.45) is 1.25. The van der Waals surface area contributed by atoms with E-state index in [1.54, 1.807) is 12.1 Å². The van der Waals surface area contributed by atoms with Crippen molar-refractivity contribution in [3.05, 3.63) is 44.9 Å². The molecule has 0 unspecified atom stereocenters. The molecular weight excluding hydrogens is 334 g/mol. The number of halogens is 1. The molecule has 0 aliphatic carbocycles. The lowest BCUT2D eigenvalue weighted by Crippen LogP contribution is -2.13. The zero-order chi connectivity index (χ0) is 14.0. The van der Waals surface area contributed by atoms with E-state index in [0.29, 0.717) is 14.4 Å². The van der Waals surface area contributed by atoms with Gasteiger partial charge in [0.25, 0.3) is 5.56 Å². The number of aromatic carboxylic acids is 1. The first-order chi connectivity index (χ1) is 8.99. The molecule has 0 bridgehead atoms. The third-order valence-corrected chi connectivity index (χ3v) is 3.94. The topological polar surface area (TPSA) is 109 Å². The van der Waals surface area contributed by atoms with Crippen LogP contribution in [0.1, 0.15) is 10.4 Å². The lowest BCUT2D eigenvalue weighted by Gasteiger charge is -2.05. The Labute approximate surface area is 120 Å². The Bertz CT molecular complexity index is 702. The SMILES string of the molecule is Nc1c(Sc2ccc(Br)c(C(=O)O)c2)nc[nH]c1=O. The van der Waals surface area contributed by atoms with E-state index >= 15 is 0 Å². The van der Waals surface area contributed by atoms with E-state index in [-0.39, 0.29) is 11.3 Å². The first-order valence-corrected chi connectivity index (χ1v) is 6.64. The summed E-state index contributed by atoms with van der Waals surface area (Å²) in [6.45, 7) is 0. The predicted molar refractivity (Wildman–Crippen MR) is 74.5 cm³/mol. The van der Waals surface area contributed by atoms with E-state index in [1.807, 2.05) is 0 Å². The molecule has 6 nitrogen and oxygen atoms in total. The molecule has 1 aromatic carbocycles. The molecule has 2 aromatic rings. The van der Waals surface area contributed by atoms with Crippen molar-refractivity contribution in [1.29, 1.82) is 0 Å². The summed E-state index contributed by atoms with van der Waals surface area (Å²) in [5, 5.41) is 9.36. The molecule has 0 atom stereocenters. The Morgan fingerprint density at radius 2 is 2.21 bits per heavy atom. The minimum absolute atomic E-state index is 0.00675. The first-order valence-electron chi connectivity index (χ1n) is 5.03. The zero-order valence-electron chi connectivity index (χ0n) is 9.38. The number of benzene rings is 1. The van der Waals surface area contributed by atoms with E-state index in [2.05, 4.69) is 25.9 Å². The third-order valence-electron chi connectivity index (χ3n) is 2.24. The summed E-state index contributed by atoms with van der Waals surface area (Å²) in [6, 6.07) is 4.82. The molecule has 1 heterocycles. The van der Waals surface area contributed by atoms with Gasteiger partial charge in [-0.3, -0.25) is 4.79 Å². The molecule has 1 aromatic heterocycles. The summed E-state index contributed by atoms with van der Waals surface area (Å²) >= 11 is 4.29. The number of carboxylic acid groups (broad SMARTS) is 1. The third kappa shape index (κ3) is 2.96. The van der Waals surface area contributed by atoms with Crippen molar-refractivity contribution in [2.45, 2.75) is 9.92 Å². The van der Waals surface area contributed by atoms with Crippen molar-refractivity contribution < 1.29 is 9.90 Å². The van der Waals surface area contributed by atoms with E-state index in [1.165, 1.54) is 12.4 Å². The number of nitrogens with one attached hydrogen (secondary N) is 1. The molecule has 2 rings (SSSR count). The van der Waals surface area contributed by atoms with E-state index < -0.39 is 11.5 Å². The Kier molecular flexibility index (Phi) is 3.91. The summed E-state index contributed by atoms with van der Waals surface area (Å²) < 4.78 is 0.483. The lowest BCUT2D eigenvalue weighted by molar-refractivity contribution is 0.0695. The van der Waals surface area contributed by atoms with Gasteiger partial charge >= 0.3 is 5.97 Å². The quantitative estimate of drug-likeness (QED) is 0.736. The van der Waals surface area contributed by atoms with Crippen molar-refractivity contribution in [2.24, 2.45) is 0 Å². The molecule has 0 amide bonds. The van der Waals surface area contributed by atoms with Crippen molar-refractivity contribution in [3.8, 4) is 0 Å². The van der Waals surface area contributed by atoms with Gasteiger partial charge in [0.05, 0.1) is 11.9 Å². The van der Waals surface area contributed by atoms with Gasteiger partial charge in [-0.25, -0.2) is 9.78 Å². The van der Waals surface area contributed by atoms with E-state index in [9.17, 15) is 9.59 Å². The Balaban J connectivity index is 2.39. The van der Waals surface area contributed by atoms with Crippen LogP contribution in [0.3, 0.4) is 0 Å². The molecule has 0 saturated carbocycles. The number of hydrogen-bond acceptors (Lipinski definition) is 5. The molecule has 0 saturated heterocycles. The average molecular weight is 342 g/mol. The smallest absolute Gasteiger partial charge is 0.336 e. The number of aromatic amines is 1. The fourth-order valence-corrected chi connectivity index (χ4v) is 2.58. The van der Waals surface area contributed by atoms with Crippen LogP contribution in [0.25, 0.3) is 0 Å². The molecule has 0 fully saturated rings. The molecule has 4 N–H and O–H groups in total. The number of nitrogens with two attached hydrogens (primary N) is 1. The highest BCUT2D eigenvalue weighted by Crippen LogP contribution is 2.31. The molecule has 0 aliphatic rings. The zero-order valence-corrected chi connectivity index (χ0v) is 11.8. The number of carboxylic acids is 1. The normalized spacial score (nSPS) is 10.4. The number of hydrogen-bond donors (Lipinski definition) is 3. The fourth-order valence-electron chi connectivity index (χ4n) is 1.32. The minimum Gasteiger partial charge on any atom is -0.478 e. The van der Waals surface area contributed by atoms with Crippen LogP contribution in [0.5, 0.6) is 0 Å². The average Bonchev–Trinajstić information content (AvgIpc) is 2.37. The second-order valence-electron chi connectivity index (χ2n) is 3.50. The summed E-state index contributed by atoms with van der Waals surface area (Å²) in [4.78, 5) is 29.3. The van der Waals surface area contributed by atoms with Crippen LogP contribution in [-0.2, 0) is 0 Å². The second-order valence-corrected chi connectivity index (χ2v) is 5.42. The Morgan fingerprint density at radius 1 is 1.47 bits per heavy atom. The first kappa shape index (κ1) is 13.6. The largest absolute Gasteiger partial charge is 0.478 e. The van der Waals surface area contributed by atoms with E-state index in [0.717, 1.165) is 11.8 Å². The highest BCUT2D eigenvalue weighted by atomic mass is 79.9. The molecule has 0 radical (unpaired) electrons. The minimum atomic E-state index is -1.04. The maximum atomic E-state index is 11.3. The number of H-pyrrole nitrogens is 1. The van der Waals surface area contributed by atoms with E-state index in [4.69, 9.17) is 10.8 Å². The van der Waals surface area contributed by atoms with Gasteiger partial charge in [-0.2, -0.15) is 0 Å². The summed E-state index contributed by atoms with van der Waals surface area (Å²) in [5.74, 6) is -1.04. The molecule has 0 spiro atoms. The van der Waals surface area contributed by atoms with Gasteiger partial charge in [-0.05, 0) is 34.1 Å². The maximum absolute atomic E-state index is 11.3. The Hall–Kier alpha value is -1.80. The highest BCUT2D eigenvalue weighted by molar-refractivity contribution is 9.10. The van der Waals surface area contributed by atoms with Crippen LogP contribution < -0.4 is 11.3 Å². The van der Waals surface area contributed by atoms with Crippen LogP contribution in [-0.4, -0.2) is 21.0 Å². The van der Waals surface area contributed by atoms with Crippen LogP contribution in [0.4, 0.5) is 5.69 Å². The number of aromatic nitrogens is 2. The highest BCUT2D eigenvalue weighted by Gasteiger charge is 2.12. The predicted octanol–water partition coefficient (Wildman–Crippen LogP) is 1.96. The van der Waals surface area contributed by atoms with Gasteiger partial charge in [-0.1, -0.05) is 11.8 Å².